The van der Waals surface area contributed by atoms with Gasteiger partial charge in [-0.25, -0.2) is 4.98 Å². The molecule has 0 amide bonds. The Bertz CT molecular complexity index is 735. The molecule has 21 heavy (non-hydrogen) atoms. The number of benzene rings is 1. The molecule has 0 radical (unpaired) electrons. The van der Waals surface area contributed by atoms with Gasteiger partial charge in [0.2, 0.25) is 0 Å². The number of hydrogen-bond donors (Lipinski definition) is 2. The van der Waals surface area contributed by atoms with Crippen molar-refractivity contribution in [3.05, 3.63) is 24.5 Å². The summed E-state index contributed by atoms with van der Waals surface area (Å²) in [5.41, 5.74) is 5.85. The zero-order valence-electron chi connectivity index (χ0n) is 11.8. The Morgan fingerprint density at radius 1 is 1.29 bits per heavy atom. The highest BCUT2D eigenvalue weighted by molar-refractivity contribution is 7.92. The van der Waals surface area contributed by atoms with Crippen molar-refractivity contribution in [2.75, 3.05) is 24.7 Å². The quantitative estimate of drug-likeness (QED) is 0.846. The number of nitrogen functional groups attached to an aromatic ring is 1. The van der Waals surface area contributed by atoms with Crippen molar-refractivity contribution in [3.63, 3.8) is 0 Å². The highest BCUT2D eigenvalue weighted by Gasteiger charge is 2.24. The molecule has 114 valence electrons. The highest BCUT2D eigenvalue weighted by atomic mass is 32.2. The van der Waals surface area contributed by atoms with E-state index >= 15 is 0 Å². The number of rotatable bonds is 5. The van der Waals surface area contributed by atoms with Gasteiger partial charge in [-0.1, -0.05) is 0 Å². The molecule has 1 aromatic heterocycles. The predicted octanol–water partition coefficient (Wildman–Crippen LogP) is 0.820. The van der Waals surface area contributed by atoms with Crippen LogP contribution in [-0.2, 0) is 17.1 Å². The topological polar surface area (TPSA) is 108 Å². The molecule has 0 bridgehead atoms. The Morgan fingerprint density at radius 2 is 2.00 bits per heavy atom. The molecule has 0 aliphatic carbocycles. The SMILES string of the molecule is COc1ccc(OC)c(NS(=O)(=O)c2c(N)ncn2C)c1. The summed E-state index contributed by atoms with van der Waals surface area (Å²) in [6.07, 6.45) is 1.33. The molecule has 1 aromatic carbocycles. The molecule has 0 aliphatic rings. The molecule has 2 rings (SSSR count). The summed E-state index contributed by atoms with van der Waals surface area (Å²) in [4.78, 5) is 3.77. The van der Waals surface area contributed by atoms with Crippen LogP contribution < -0.4 is 19.9 Å². The number of nitrogens with two attached hydrogens (primary N) is 1. The van der Waals surface area contributed by atoms with Crippen molar-refractivity contribution < 1.29 is 17.9 Å². The van der Waals surface area contributed by atoms with Gasteiger partial charge in [0.1, 0.15) is 11.5 Å². The fraction of sp³-hybridized carbons (Fsp3) is 0.250. The van der Waals surface area contributed by atoms with Crippen molar-refractivity contribution in [1.82, 2.24) is 9.55 Å². The monoisotopic (exact) mass is 312 g/mol. The largest absolute Gasteiger partial charge is 0.497 e. The molecule has 2 aromatic rings. The molecule has 0 saturated heterocycles. The van der Waals surface area contributed by atoms with Crippen LogP contribution in [0.5, 0.6) is 11.5 Å². The normalized spacial score (nSPS) is 11.2. The number of aromatic nitrogens is 2. The van der Waals surface area contributed by atoms with Crippen LogP contribution in [0.1, 0.15) is 0 Å². The van der Waals surface area contributed by atoms with Crippen LogP contribution in [0.25, 0.3) is 0 Å². The summed E-state index contributed by atoms with van der Waals surface area (Å²) < 4.78 is 38.8. The van der Waals surface area contributed by atoms with Crippen LogP contribution in [0.3, 0.4) is 0 Å². The van der Waals surface area contributed by atoms with Gasteiger partial charge in [-0.15, -0.1) is 0 Å². The lowest BCUT2D eigenvalue weighted by Crippen LogP contribution is -2.18. The summed E-state index contributed by atoms with van der Waals surface area (Å²) in [7, 11) is 0.571. The average molecular weight is 312 g/mol. The summed E-state index contributed by atoms with van der Waals surface area (Å²) in [6.45, 7) is 0. The number of methoxy groups -OCH3 is 2. The van der Waals surface area contributed by atoms with Crippen molar-refractivity contribution in [2.24, 2.45) is 7.05 Å². The van der Waals surface area contributed by atoms with E-state index in [4.69, 9.17) is 15.2 Å². The van der Waals surface area contributed by atoms with Gasteiger partial charge in [-0.05, 0) is 12.1 Å². The first-order chi connectivity index (χ1) is 9.89. The first-order valence-electron chi connectivity index (χ1n) is 5.90. The molecule has 0 spiro atoms. The molecule has 8 nitrogen and oxygen atoms in total. The minimum Gasteiger partial charge on any atom is -0.497 e. The van der Waals surface area contributed by atoms with E-state index < -0.39 is 10.0 Å². The van der Waals surface area contributed by atoms with Gasteiger partial charge in [0.25, 0.3) is 10.0 Å². The zero-order valence-corrected chi connectivity index (χ0v) is 12.6. The van der Waals surface area contributed by atoms with Crippen molar-refractivity contribution in [2.45, 2.75) is 5.03 Å². The minimum atomic E-state index is -3.90. The third-order valence-corrected chi connectivity index (χ3v) is 4.31. The van der Waals surface area contributed by atoms with Crippen LogP contribution in [0.2, 0.25) is 0 Å². The fourth-order valence-electron chi connectivity index (χ4n) is 1.85. The smallest absolute Gasteiger partial charge is 0.281 e. The first-order valence-corrected chi connectivity index (χ1v) is 7.39. The maximum absolute atomic E-state index is 12.4. The van der Waals surface area contributed by atoms with Crippen molar-refractivity contribution >= 4 is 21.5 Å². The van der Waals surface area contributed by atoms with Crippen LogP contribution in [0.15, 0.2) is 29.6 Å². The van der Waals surface area contributed by atoms with Crippen molar-refractivity contribution in [3.8, 4) is 11.5 Å². The average Bonchev–Trinajstić information content (AvgIpc) is 2.78. The second-order valence-corrected chi connectivity index (χ2v) is 5.82. The molecule has 0 aliphatic heterocycles. The van der Waals surface area contributed by atoms with E-state index in [1.165, 1.54) is 31.2 Å². The number of ether oxygens (including phenoxy) is 2. The maximum Gasteiger partial charge on any atom is 0.281 e. The fourth-order valence-corrected chi connectivity index (χ4v) is 3.15. The molecule has 1 heterocycles. The molecule has 0 unspecified atom stereocenters. The highest BCUT2D eigenvalue weighted by Crippen LogP contribution is 2.31. The Morgan fingerprint density at radius 3 is 2.52 bits per heavy atom. The number of nitrogens with zero attached hydrogens (tertiary/aromatic N) is 2. The molecule has 0 atom stereocenters. The van der Waals surface area contributed by atoms with E-state index in [0.717, 1.165) is 0 Å². The number of imidazole rings is 1. The Kier molecular flexibility index (Phi) is 3.94. The standard InChI is InChI=1S/C12H16N4O4S/c1-16-7-14-11(13)12(16)21(17,18)15-9-6-8(19-2)4-5-10(9)20-3/h4-7,15H,13H2,1-3H3. The predicted molar refractivity (Wildman–Crippen MR) is 78.0 cm³/mol. The number of nitrogens with one attached hydrogen (secondary N) is 1. The first kappa shape index (κ1) is 15.0. The van der Waals surface area contributed by atoms with E-state index in [2.05, 4.69) is 9.71 Å². The lowest BCUT2D eigenvalue weighted by molar-refractivity contribution is 0.405. The number of sulfonamides is 1. The Balaban J connectivity index is 2.46. The Labute approximate surface area is 122 Å². The van der Waals surface area contributed by atoms with Gasteiger partial charge < -0.3 is 19.8 Å². The molecule has 0 fully saturated rings. The number of anilines is 2. The third-order valence-electron chi connectivity index (χ3n) is 2.81. The summed E-state index contributed by atoms with van der Waals surface area (Å²) in [5.74, 6) is 0.776. The second kappa shape index (κ2) is 5.52. The van der Waals surface area contributed by atoms with Gasteiger partial charge >= 0.3 is 0 Å². The summed E-state index contributed by atoms with van der Waals surface area (Å²) >= 11 is 0. The zero-order chi connectivity index (χ0) is 15.6. The summed E-state index contributed by atoms with van der Waals surface area (Å²) in [6, 6.07) is 4.78. The number of aryl methyl sites for hydroxylation is 1. The van der Waals surface area contributed by atoms with Gasteiger partial charge in [-0.3, -0.25) is 4.72 Å². The summed E-state index contributed by atoms with van der Waals surface area (Å²) in [5, 5.41) is -0.118. The van der Waals surface area contributed by atoms with E-state index in [0.29, 0.717) is 11.5 Å². The van der Waals surface area contributed by atoms with E-state index in [1.807, 2.05) is 0 Å². The molecule has 0 saturated carbocycles. The van der Waals surface area contributed by atoms with Crippen LogP contribution in [0, 0.1) is 0 Å². The lowest BCUT2D eigenvalue weighted by atomic mass is 10.3. The molecule has 3 N–H and O–H groups in total. The van der Waals surface area contributed by atoms with E-state index in [-0.39, 0.29) is 16.5 Å². The van der Waals surface area contributed by atoms with Gasteiger partial charge in [0.15, 0.2) is 10.8 Å². The van der Waals surface area contributed by atoms with Crippen LogP contribution in [-0.4, -0.2) is 32.2 Å². The molecular weight excluding hydrogens is 296 g/mol. The maximum atomic E-state index is 12.4. The Hall–Kier alpha value is -2.42. The van der Waals surface area contributed by atoms with Crippen LogP contribution >= 0.6 is 0 Å². The van der Waals surface area contributed by atoms with E-state index in [1.54, 1.807) is 19.2 Å². The number of hydrogen-bond acceptors (Lipinski definition) is 6. The molecular formula is C12H16N4O4S. The van der Waals surface area contributed by atoms with Gasteiger partial charge in [0, 0.05) is 13.1 Å². The lowest BCUT2D eigenvalue weighted by Gasteiger charge is -2.13. The molecule has 9 heteroatoms. The van der Waals surface area contributed by atoms with Gasteiger partial charge in [-0.2, -0.15) is 8.42 Å². The minimum absolute atomic E-state index is 0.0770. The second-order valence-electron chi connectivity index (χ2n) is 4.22. The third kappa shape index (κ3) is 2.87. The van der Waals surface area contributed by atoms with E-state index in [9.17, 15) is 8.42 Å². The van der Waals surface area contributed by atoms with Crippen molar-refractivity contribution in [1.29, 1.82) is 0 Å². The van der Waals surface area contributed by atoms with Gasteiger partial charge in [0.05, 0.1) is 26.2 Å². The van der Waals surface area contributed by atoms with Crippen LogP contribution in [0.4, 0.5) is 11.5 Å².